The molecule has 0 aliphatic heterocycles. The maximum atomic E-state index is 12.0. The van der Waals surface area contributed by atoms with Crippen molar-refractivity contribution in [2.45, 2.75) is 18.8 Å². The van der Waals surface area contributed by atoms with Crippen LogP contribution in [0.1, 0.15) is 35.3 Å². The van der Waals surface area contributed by atoms with Crippen LogP contribution in [0.25, 0.3) is 10.8 Å². The standard InChI is InChI=1S/C20H20N4O4/c25-17(12-27-16-7-3-5-13-4-1-2-6-15(13)16)21-10-11-22-19(26)20-23-18(24-28-20)14-8-9-14/h1-7,14H,8-12H2,(H,21,25)(H,22,26). The van der Waals surface area contributed by atoms with Crippen molar-refractivity contribution in [3.63, 3.8) is 0 Å². The Balaban J connectivity index is 1.18. The van der Waals surface area contributed by atoms with Gasteiger partial charge in [0.25, 0.3) is 5.91 Å². The molecule has 0 bridgehead atoms. The summed E-state index contributed by atoms with van der Waals surface area (Å²) in [7, 11) is 0. The quantitative estimate of drug-likeness (QED) is 0.579. The minimum absolute atomic E-state index is 0.0486. The molecule has 1 aliphatic carbocycles. The molecule has 0 saturated heterocycles. The second kappa shape index (κ2) is 8.08. The zero-order valence-corrected chi connectivity index (χ0v) is 15.2. The van der Waals surface area contributed by atoms with Crippen LogP contribution in [0.3, 0.4) is 0 Å². The van der Waals surface area contributed by atoms with Gasteiger partial charge in [-0.3, -0.25) is 9.59 Å². The second-order valence-electron chi connectivity index (χ2n) is 6.60. The molecule has 1 aromatic heterocycles. The van der Waals surface area contributed by atoms with Crippen molar-refractivity contribution in [1.29, 1.82) is 0 Å². The Bertz CT molecular complexity index is 991. The molecule has 8 heteroatoms. The van der Waals surface area contributed by atoms with Crippen LogP contribution in [0, 0.1) is 0 Å². The Kier molecular flexibility index (Phi) is 5.18. The lowest BCUT2D eigenvalue weighted by atomic mass is 10.1. The highest BCUT2D eigenvalue weighted by Crippen LogP contribution is 2.38. The van der Waals surface area contributed by atoms with Gasteiger partial charge >= 0.3 is 11.8 Å². The molecule has 2 N–H and O–H groups in total. The van der Waals surface area contributed by atoms with E-state index in [4.69, 9.17) is 9.26 Å². The van der Waals surface area contributed by atoms with E-state index in [1.165, 1.54) is 0 Å². The fourth-order valence-electron chi connectivity index (χ4n) is 2.80. The molecule has 8 nitrogen and oxygen atoms in total. The van der Waals surface area contributed by atoms with Gasteiger partial charge in [0, 0.05) is 24.4 Å². The fraction of sp³-hybridized carbons (Fsp3) is 0.300. The Morgan fingerprint density at radius 2 is 1.86 bits per heavy atom. The van der Waals surface area contributed by atoms with Crippen molar-refractivity contribution in [2.75, 3.05) is 19.7 Å². The molecule has 0 atom stereocenters. The van der Waals surface area contributed by atoms with Crippen LogP contribution in [0.5, 0.6) is 5.75 Å². The molecular formula is C20H20N4O4. The molecule has 0 unspecified atom stereocenters. The van der Waals surface area contributed by atoms with E-state index in [0.717, 1.165) is 23.6 Å². The molecule has 1 heterocycles. The highest BCUT2D eigenvalue weighted by molar-refractivity contribution is 5.89. The first kappa shape index (κ1) is 18.0. The summed E-state index contributed by atoms with van der Waals surface area (Å²) in [5.41, 5.74) is 0. The van der Waals surface area contributed by atoms with E-state index in [9.17, 15) is 9.59 Å². The number of rotatable bonds is 8. The molecule has 2 amide bonds. The molecule has 1 saturated carbocycles. The molecule has 1 aliphatic rings. The Labute approximate surface area is 161 Å². The van der Waals surface area contributed by atoms with Crippen LogP contribution in [0.4, 0.5) is 0 Å². The summed E-state index contributed by atoms with van der Waals surface area (Å²) in [6.07, 6.45) is 2.07. The Hall–Kier alpha value is -3.42. The smallest absolute Gasteiger partial charge is 0.315 e. The molecule has 0 radical (unpaired) electrons. The molecule has 3 aromatic rings. The number of amides is 2. The maximum Gasteiger partial charge on any atom is 0.315 e. The van der Waals surface area contributed by atoms with Crippen LogP contribution in [-0.4, -0.2) is 41.7 Å². The first-order valence-corrected chi connectivity index (χ1v) is 9.20. The van der Waals surface area contributed by atoms with E-state index in [1.807, 2.05) is 42.5 Å². The van der Waals surface area contributed by atoms with E-state index >= 15 is 0 Å². The van der Waals surface area contributed by atoms with Gasteiger partial charge in [-0.05, 0) is 24.3 Å². The molecular weight excluding hydrogens is 360 g/mol. The van der Waals surface area contributed by atoms with Gasteiger partial charge in [0.2, 0.25) is 0 Å². The van der Waals surface area contributed by atoms with Gasteiger partial charge in [-0.15, -0.1) is 0 Å². The number of carbonyl (C=O) groups is 2. The number of hydrogen-bond donors (Lipinski definition) is 2. The average Bonchev–Trinajstić information content (AvgIpc) is 3.46. The van der Waals surface area contributed by atoms with Crippen molar-refractivity contribution in [3.8, 4) is 5.75 Å². The molecule has 2 aromatic carbocycles. The number of aromatic nitrogens is 2. The normalized spacial score (nSPS) is 13.3. The third kappa shape index (κ3) is 4.28. The zero-order valence-electron chi connectivity index (χ0n) is 15.2. The van der Waals surface area contributed by atoms with Gasteiger partial charge in [0.1, 0.15) is 5.75 Å². The summed E-state index contributed by atoms with van der Waals surface area (Å²) < 4.78 is 10.6. The Morgan fingerprint density at radius 1 is 1.07 bits per heavy atom. The molecule has 4 rings (SSSR count). The van der Waals surface area contributed by atoms with Crippen LogP contribution in [0.15, 0.2) is 47.0 Å². The minimum atomic E-state index is -0.444. The van der Waals surface area contributed by atoms with E-state index in [-0.39, 0.29) is 31.5 Å². The summed E-state index contributed by atoms with van der Waals surface area (Å²) in [6.45, 7) is 0.420. The summed E-state index contributed by atoms with van der Waals surface area (Å²) in [5, 5.41) is 11.1. The molecule has 28 heavy (non-hydrogen) atoms. The van der Waals surface area contributed by atoms with Crippen molar-refractivity contribution in [2.24, 2.45) is 0 Å². The predicted octanol–water partition coefficient (Wildman–Crippen LogP) is 2.03. The van der Waals surface area contributed by atoms with Crippen LogP contribution < -0.4 is 15.4 Å². The highest BCUT2D eigenvalue weighted by Gasteiger charge is 2.29. The van der Waals surface area contributed by atoms with Gasteiger partial charge in [0.15, 0.2) is 12.4 Å². The largest absolute Gasteiger partial charge is 0.483 e. The number of carbonyl (C=O) groups excluding carboxylic acids is 2. The van der Waals surface area contributed by atoms with Crippen LogP contribution in [-0.2, 0) is 4.79 Å². The number of hydrogen-bond acceptors (Lipinski definition) is 6. The second-order valence-corrected chi connectivity index (χ2v) is 6.60. The lowest BCUT2D eigenvalue weighted by Crippen LogP contribution is -2.36. The minimum Gasteiger partial charge on any atom is -0.483 e. The third-order valence-corrected chi connectivity index (χ3v) is 4.42. The first-order chi connectivity index (χ1) is 13.7. The van der Waals surface area contributed by atoms with Gasteiger partial charge in [-0.1, -0.05) is 41.6 Å². The number of ether oxygens (including phenoxy) is 1. The van der Waals surface area contributed by atoms with E-state index in [2.05, 4.69) is 20.8 Å². The lowest BCUT2D eigenvalue weighted by molar-refractivity contribution is -0.123. The third-order valence-electron chi connectivity index (χ3n) is 4.42. The first-order valence-electron chi connectivity index (χ1n) is 9.20. The summed E-state index contributed by atoms with van der Waals surface area (Å²) >= 11 is 0. The molecule has 1 fully saturated rings. The fourth-order valence-corrected chi connectivity index (χ4v) is 2.80. The number of nitrogens with zero attached hydrogens (tertiary/aromatic N) is 2. The highest BCUT2D eigenvalue weighted by atomic mass is 16.5. The van der Waals surface area contributed by atoms with Crippen molar-refractivity contribution >= 4 is 22.6 Å². The summed E-state index contributed by atoms with van der Waals surface area (Å²) in [5.74, 6) is 0.809. The van der Waals surface area contributed by atoms with Crippen LogP contribution >= 0.6 is 0 Å². The topological polar surface area (TPSA) is 106 Å². The summed E-state index contributed by atoms with van der Waals surface area (Å²) in [4.78, 5) is 28.0. The molecule has 144 valence electrons. The van der Waals surface area contributed by atoms with Gasteiger partial charge in [-0.2, -0.15) is 4.98 Å². The van der Waals surface area contributed by atoms with Crippen molar-refractivity contribution < 1.29 is 18.8 Å². The lowest BCUT2D eigenvalue weighted by Gasteiger charge is -2.10. The van der Waals surface area contributed by atoms with Crippen molar-refractivity contribution in [3.05, 3.63) is 54.2 Å². The van der Waals surface area contributed by atoms with Crippen LogP contribution in [0.2, 0.25) is 0 Å². The number of nitrogens with one attached hydrogen (secondary N) is 2. The SMILES string of the molecule is O=C(COc1cccc2ccccc12)NCCNC(=O)c1nc(C2CC2)no1. The van der Waals surface area contributed by atoms with Gasteiger partial charge in [0.05, 0.1) is 0 Å². The number of fused-ring (bicyclic) bond motifs is 1. The van der Waals surface area contributed by atoms with E-state index in [0.29, 0.717) is 17.5 Å². The summed E-state index contributed by atoms with van der Waals surface area (Å²) in [6, 6.07) is 13.5. The maximum absolute atomic E-state index is 12.0. The Morgan fingerprint density at radius 3 is 2.71 bits per heavy atom. The van der Waals surface area contributed by atoms with Gasteiger partial charge in [-0.25, -0.2) is 0 Å². The van der Waals surface area contributed by atoms with E-state index < -0.39 is 5.91 Å². The van der Waals surface area contributed by atoms with Gasteiger partial charge < -0.3 is 19.9 Å². The molecule has 0 spiro atoms. The van der Waals surface area contributed by atoms with Crippen molar-refractivity contribution in [1.82, 2.24) is 20.8 Å². The monoisotopic (exact) mass is 380 g/mol. The predicted molar refractivity (Wildman–Crippen MR) is 101 cm³/mol. The number of benzene rings is 2. The average molecular weight is 380 g/mol. The zero-order chi connectivity index (χ0) is 19.3. The van der Waals surface area contributed by atoms with E-state index in [1.54, 1.807) is 0 Å².